The van der Waals surface area contributed by atoms with Gasteiger partial charge >= 0.3 is 0 Å². The van der Waals surface area contributed by atoms with E-state index in [0.29, 0.717) is 6.04 Å². The molecule has 17 heavy (non-hydrogen) atoms. The first-order chi connectivity index (χ1) is 8.04. The molecule has 1 aliphatic rings. The third kappa shape index (κ3) is 2.13. The van der Waals surface area contributed by atoms with Crippen molar-refractivity contribution in [3.63, 3.8) is 0 Å². The zero-order valence-corrected chi connectivity index (χ0v) is 11.9. The first-order valence-corrected chi connectivity index (χ1v) is 6.84. The van der Waals surface area contributed by atoms with E-state index in [1.807, 2.05) is 0 Å². The van der Waals surface area contributed by atoms with E-state index in [2.05, 4.69) is 39.9 Å². The molecule has 0 saturated carbocycles. The van der Waals surface area contributed by atoms with Crippen molar-refractivity contribution in [2.75, 3.05) is 6.54 Å². The molecular formula is C16H25N. The molecule has 1 nitrogen and oxygen atoms in total. The molecule has 0 unspecified atom stereocenters. The van der Waals surface area contributed by atoms with Gasteiger partial charge in [-0.1, -0.05) is 6.42 Å². The summed E-state index contributed by atoms with van der Waals surface area (Å²) >= 11 is 0. The molecule has 1 aromatic rings. The molecule has 0 aliphatic carbocycles. The summed E-state index contributed by atoms with van der Waals surface area (Å²) in [5.41, 5.74) is 9.02. The van der Waals surface area contributed by atoms with E-state index in [4.69, 9.17) is 0 Å². The molecule has 1 heteroatoms. The van der Waals surface area contributed by atoms with Crippen molar-refractivity contribution < 1.29 is 0 Å². The van der Waals surface area contributed by atoms with Gasteiger partial charge in [0.25, 0.3) is 0 Å². The molecule has 1 heterocycles. The number of rotatable bonds is 1. The van der Waals surface area contributed by atoms with Gasteiger partial charge in [0.15, 0.2) is 0 Å². The average molecular weight is 231 g/mol. The Morgan fingerprint density at radius 2 is 1.29 bits per heavy atom. The molecule has 1 fully saturated rings. The van der Waals surface area contributed by atoms with Crippen LogP contribution >= 0.6 is 0 Å². The summed E-state index contributed by atoms with van der Waals surface area (Å²) in [6.45, 7) is 12.5. The normalized spacial score (nSPS) is 20.6. The number of benzene rings is 1. The third-order valence-corrected chi connectivity index (χ3v) is 4.72. The van der Waals surface area contributed by atoms with Crippen LogP contribution in [0.15, 0.2) is 0 Å². The Bertz CT molecular complexity index is 397. The fourth-order valence-electron chi connectivity index (χ4n) is 3.15. The minimum absolute atomic E-state index is 0.585. The number of hydrogen-bond acceptors (Lipinski definition) is 1. The second kappa shape index (κ2) is 4.81. The topological polar surface area (TPSA) is 12.0 Å². The van der Waals surface area contributed by atoms with Gasteiger partial charge in [-0.2, -0.15) is 0 Å². The van der Waals surface area contributed by atoms with E-state index in [-0.39, 0.29) is 0 Å². The lowest BCUT2D eigenvalue weighted by Crippen LogP contribution is -2.28. The van der Waals surface area contributed by atoms with Crippen LogP contribution in [0.2, 0.25) is 0 Å². The Balaban J connectivity index is 2.52. The Labute approximate surface area is 106 Å². The Hall–Kier alpha value is -0.820. The number of hydrogen-bond donors (Lipinski definition) is 1. The van der Waals surface area contributed by atoms with Gasteiger partial charge in [0.2, 0.25) is 0 Å². The van der Waals surface area contributed by atoms with E-state index in [9.17, 15) is 0 Å². The SMILES string of the molecule is Cc1c(C)c(C)c([C@@H]2CCCCN2)c(C)c1C. The largest absolute Gasteiger partial charge is 0.310 e. The number of nitrogens with one attached hydrogen (secondary N) is 1. The van der Waals surface area contributed by atoms with Crippen molar-refractivity contribution in [1.29, 1.82) is 0 Å². The van der Waals surface area contributed by atoms with E-state index >= 15 is 0 Å². The summed E-state index contributed by atoms with van der Waals surface area (Å²) in [6.07, 6.45) is 3.99. The van der Waals surface area contributed by atoms with E-state index in [0.717, 1.165) is 0 Å². The summed E-state index contributed by atoms with van der Waals surface area (Å²) in [7, 11) is 0. The van der Waals surface area contributed by atoms with Gasteiger partial charge in [0, 0.05) is 6.04 Å². The molecule has 1 N–H and O–H groups in total. The first kappa shape index (κ1) is 12.6. The quantitative estimate of drug-likeness (QED) is 0.769. The van der Waals surface area contributed by atoms with Gasteiger partial charge in [-0.25, -0.2) is 0 Å². The summed E-state index contributed by atoms with van der Waals surface area (Å²) in [6, 6.07) is 0.585. The maximum Gasteiger partial charge on any atom is 0.0325 e. The lowest BCUT2D eigenvalue weighted by atomic mass is 9.84. The van der Waals surface area contributed by atoms with Crippen molar-refractivity contribution in [3.05, 3.63) is 33.4 Å². The van der Waals surface area contributed by atoms with Crippen LogP contribution in [-0.2, 0) is 0 Å². The van der Waals surface area contributed by atoms with Crippen LogP contribution in [0.5, 0.6) is 0 Å². The van der Waals surface area contributed by atoms with Gasteiger partial charge in [0.1, 0.15) is 0 Å². The van der Waals surface area contributed by atoms with Gasteiger partial charge in [-0.3, -0.25) is 0 Å². The first-order valence-electron chi connectivity index (χ1n) is 6.84. The number of piperidine rings is 1. The predicted molar refractivity (Wildman–Crippen MR) is 74.7 cm³/mol. The van der Waals surface area contributed by atoms with E-state index in [1.165, 1.54) is 53.6 Å². The van der Waals surface area contributed by atoms with Crippen molar-refractivity contribution in [2.45, 2.75) is 59.9 Å². The molecule has 0 bridgehead atoms. The van der Waals surface area contributed by atoms with Gasteiger partial charge < -0.3 is 5.32 Å². The average Bonchev–Trinajstić information content (AvgIpc) is 2.36. The minimum atomic E-state index is 0.585. The fourth-order valence-corrected chi connectivity index (χ4v) is 3.15. The zero-order chi connectivity index (χ0) is 12.6. The van der Waals surface area contributed by atoms with Crippen molar-refractivity contribution >= 4 is 0 Å². The highest BCUT2D eigenvalue weighted by Gasteiger charge is 2.21. The molecule has 94 valence electrons. The molecule has 0 spiro atoms. The summed E-state index contributed by atoms with van der Waals surface area (Å²) < 4.78 is 0. The maximum atomic E-state index is 3.69. The van der Waals surface area contributed by atoms with Gasteiger partial charge in [-0.15, -0.1) is 0 Å². The molecule has 1 aromatic carbocycles. The standard InChI is InChI=1S/C16H25N/c1-10-11(2)13(4)16(14(5)12(10)3)15-8-6-7-9-17-15/h15,17H,6-9H2,1-5H3/t15-/m0/s1. The fraction of sp³-hybridized carbons (Fsp3) is 0.625. The van der Waals surface area contributed by atoms with Crippen LogP contribution in [-0.4, -0.2) is 6.54 Å². The molecule has 1 atom stereocenters. The van der Waals surface area contributed by atoms with Crippen molar-refractivity contribution in [2.24, 2.45) is 0 Å². The lowest BCUT2D eigenvalue weighted by molar-refractivity contribution is 0.409. The minimum Gasteiger partial charge on any atom is -0.310 e. The van der Waals surface area contributed by atoms with Crippen LogP contribution in [0.4, 0.5) is 0 Å². The highest BCUT2D eigenvalue weighted by molar-refractivity contribution is 5.50. The van der Waals surface area contributed by atoms with Crippen LogP contribution in [0, 0.1) is 34.6 Å². The Kier molecular flexibility index (Phi) is 3.58. The molecule has 0 aromatic heterocycles. The van der Waals surface area contributed by atoms with Crippen LogP contribution in [0.3, 0.4) is 0 Å². The van der Waals surface area contributed by atoms with Crippen LogP contribution in [0.1, 0.15) is 58.7 Å². The zero-order valence-electron chi connectivity index (χ0n) is 11.9. The predicted octanol–water partition coefficient (Wildman–Crippen LogP) is 4.04. The monoisotopic (exact) mass is 231 g/mol. The van der Waals surface area contributed by atoms with Gasteiger partial charge in [-0.05, 0) is 87.4 Å². The summed E-state index contributed by atoms with van der Waals surface area (Å²) in [5.74, 6) is 0. The Morgan fingerprint density at radius 1 is 0.765 bits per heavy atom. The molecule has 0 amide bonds. The third-order valence-electron chi connectivity index (χ3n) is 4.72. The van der Waals surface area contributed by atoms with Crippen LogP contribution in [0.25, 0.3) is 0 Å². The van der Waals surface area contributed by atoms with E-state index < -0.39 is 0 Å². The molecule has 0 radical (unpaired) electrons. The molecular weight excluding hydrogens is 206 g/mol. The smallest absolute Gasteiger partial charge is 0.0325 e. The highest BCUT2D eigenvalue weighted by Crippen LogP contribution is 2.33. The molecule has 1 aliphatic heterocycles. The highest BCUT2D eigenvalue weighted by atomic mass is 14.9. The summed E-state index contributed by atoms with van der Waals surface area (Å²) in [5, 5.41) is 3.69. The van der Waals surface area contributed by atoms with Gasteiger partial charge in [0.05, 0.1) is 0 Å². The Morgan fingerprint density at radius 3 is 1.76 bits per heavy atom. The van der Waals surface area contributed by atoms with Crippen molar-refractivity contribution in [3.8, 4) is 0 Å². The molecule has 2 rings (SSSR count). The second-order valence-corrected chi connectivity index (χ2v) is 5.54. The summed E-state index contributed by atoms with van der Waals surface area (Å²) in [4.78, 5) is 0. The van der Waals surface area contributed by atoms with E-state index in [1.54, 1.807) is 5.56 Å². The van der Waals surface area contributed by atoms with Crippen molar-refractivity contribution in [1.82, 2.24) is 5.32 Å². The molecule has 1 saturated heterocycles. The maximum absolute atomic E-state index is 3.69. The second-order valence-electron chi connectivity index (χ2n) is 5.54. The van der Waals surface area contributed by atoms with Crippen LogP contribution < -0.4 is 5.32 Å². The lowest BCUT2D eigenvalue weighted by Gasteiger charge is -2.29.